The first-order chi connectivity index (χ1) is 16.4. The van der Waals surface area contributed by atoms with Crippen LogP contribution in [0.3, 0.4) is 0 Å². The molecule has 34 heavy (non-hydrogen) atoms. The Morgan fingerprint density at radius 3 is 2.97 bits per heavy atom. The lowest BCUT2D eigenvalue weighted by Crippen LogP contribution is -2.60. The summed E-state index contributed by atoms with van der Waals surface area (Å²) in [6, 6.07) is 6.08. The van der Waals surface area contributed by atoms with Gasteiger partial charge in [-0.1, -0.05) is 24.8 Å². The average Bonchev–Trinajstić information content (AvgIpc) is 2.82. The van der Waals surface area contributed by atoms with Crippen molar-refractivity contribution in [3.05, 3.63) is 41.8 Å². The van der Waals surface area contributed by atoms with Gasteiger partial charge in [-0.15, -0.1) is 0 Å². The molecule has 2 aromatic rings. The normalized spacial score (nSPS) is 18.0. The summed E-state index contributed by atoms with van der Waals surface area (Å²) in [4.78, 5) is 22.3. The van der Waals surface area contributed by atoms with E-state index in [1.165, 1.54) is 16.9 Å². The first-order valence-electron chi connectivity index (χ1n) is 11.6. The number of carbonyl (C=O) groups excluding carboxylic acids is 1. The molecule has 0 bridgehead atoms. The van der Waals surface area contributed by atoms with Gasteiger partial charge in [0.05, 0.1) is 11.8 Å². The smallest absolute Gasteiger partial charge is 0.266 e. The molecule has 10 heteroatoms. The number of anilines is 3. The highest BCUT2D eigenvalue weighted by Crippen LogP contribution is 2.24. The maximum Gasteiger partial charge on any atom is 0.266 e. The molecule has 1 aliphatic heterocycles. The van der Waals surface area contributed by atoms with Crippen molar-refractivity contribution < 1.29 is 14.3 Å². The number of aliphatic hydroxyl groups is 1. The number of rotatable bonds is 9. The van der Waals surface area contributed by atoms with Crippen LogP contribution in [0.1, 0.15) is 51.0 Å². The minimum Gasteiger partial charge on any atom is -0.369 e. The summed E-state index contributed by atoms with van der Waals surface area (Å²) < 4.78 is 13.4. The van der Waals surface area contributed by atoms with Gasteiger partial charge in [-0.25, -0.2) is 9.37 Å². The minimum atomic E-state index is -1.64. The van der Waals surface area contributed by atoms with E-state index in [0.29, 0.717) is 55.4 Å². The number of halogens is 1. The van der Waals surface area contributed by atoms with Gasteiger partial charge in [-0.2, -0.15) is 4.98 Å². The van der Waals surface area contributed by atoms with Crippen molar-refractivity contribution in [3.63, 3.8) is 0 Å². The maximum atomic E-state index is 13.4. The Morgan fingerprint density at radius 2 is 2.21 bits per heavy atom. The second kappa shape index (κ2) is 12.3. The van der Waals surface area contributed by atoms with Gasteiger partial charge >= 0.3 is 0 Å². The summed E-state index contributed by atoms with van der Waals surface area (Å²) in [5.41, 5.74) is -0.432. The van der Waals surface area contributed by atoms with Crippen LogP contribution in [0.15, 0.2) is 30.5 Å². The van der Waals surface area contributed by atoms with Gasteiger partial charge in [0.15, 0.2) is 13.7 Å². The minimum absolute atomic E-state index is 0.326. The van der Waals surface area contributed by atoms with Crippen LogP contribution in [-0.2, 0) is 4.79 Å². The van der Waals surface area contributed by atoms with Gasteiger partial charge in [-0.05, 0) is 56.8 Å². The van der Waals surface area contributed by atoms with Crippen molar-refractivity contribution in [2.75, 3.05) is 30.3 Å². The molecule has 1 aromatic heterocycles. The van der Waals surface area contributed by atoms with Gasteiger partial charge in [-0.3, -0.25) is 4.79 Å². The molecule has 0 aliphatic carbocycles. The standard InChI is InChI=1S/C24H30BFN6O2/c1-2-13-27-21-18(17-29-23(31-21)30-20-11-8-10-19(26)16-20)9-4-3-6-14-28-22(33)24(34)12-5-7-15-32(24)25/h8,10-11,16-17,34H,2-3,5-7,12-15H2,1H3,(H,28,33)(H2,27,29,30,31)/t24-/m1/s1. The number of hydrogen-bond acceptors (Lipinski definition) is 7. The Balaban J connectivity index is 1.55. The van der Waals surface area contributed by atoms with Crippen LogP contribution >= 0.6 is 0 Å². The van der Waals surface area contributed by atoms with E-state index in [1.807, 2.05) is 6.92 Å². The SMILES string of the molecule is [B]N1CCCC[C@@]1(O)C(=O)NCCCC#Cc1cnc(Nc2cccc(F)c2)nc1NCCC. The second-order valence-electron chi connectivity index (χ2n) is 8.15. The van der Waals surface area contributed by atoms with E-state index in [-0.39, 0.29) is 5.82 Å². The van der Waals surface area contributed by atoms with E-state index in [9.17, 15) is 14.3 Å². The third-order valence-corrected chi connectivity index (χ3v) is 5.41. The summed E-state index contributed by atoms with van der Waals surface area (Å²) in [5, 5.41) is 19.5. The number of nitrogens with one attached hydrogen (secondary N) is 3. The Kier molecular flexibility index (Phi) is 9.25. The van der Waals surface area contributed by atoms with E-state index < -0.39 is 11.6 Å². The molecule has 3 rings (SSSR count). The number of amides is 1. The summed E-state index contributed by atoms with van der Waals surface area (Å²) in [5.74, 6) is 6.27. The van der Waals surface area contributed by atoms with Gasteiger partial charge < -0.3 is 25.9 Å². The number of benzene rings is 1. The number of hydrogen-bond donors (Lipinski definition) is 4. The van der Waals surface area contributed by atoms with Crippen LogP contribution in [0.4, 0.5) is 21.8 Å². The summed E-state index contributed by atoms with van der Waals surface area (Å²) in [6.45, 7) is 3.64. The fraction of sp³-hybridized carbons (Fsp3) is 0.458. The zero-order valence-electron chi connectivity index (χ0n) is 19.4. The van der Waals surface area contributed by atoms with E-state index in [4.69, 9.17) is 7.98 Å². The van der Waals surface area contributed by atoms with Gasteiger partial charge in [0.25, 0.3) is 5.91 Å². The first kappa shape index (κ1) is 25.5. The first-order valence-corrected chi connectivity index (χ1v) is 11.6. The average molecular weight is 464 g/mol. The third-order valence-electron chi connectivity index (χ3n) is 5.41. The molecular weight excluding hydrogens is 434 g/mol. The lowest BCUT2D eigenvalue weighted by Gasteiger charge is -2.40. The fourth-order valence-corrected chi connectivity index (χ4v) is 3.51. The molecule has 2 heterocycles. The lowest BCUT2D eigenvalue weighted by molar-refractivity contribution is -0.158. The molecule has 2 radical (unpaired) electrons. The van der Waals surface area contributed by atoms with Crippen LogP contribution < -0.4 is 16.0 Å². The molecule has 0 spiro atoms. The van der Waals surface area contributed by atoms with Crippen molar-refractivity contribution in [2.45, 2.75) is 51.2 Å². The summed E-state index contributed by atoms with van der Waals surface area (Å²) >= 11 is 0. The lowest BCUT2D eigenvalue weighted by atomic mass is 9.94. The fourth-order valence-electron chi connectivity index (χ4n) is 3.51. The molecular formula is C24H30BFN6O2. The molecule has 1 aromatic carbocycles. The topological polar surface area (TPSA) is 102 Å². The van der Waals surface area contributed by atoms with Crippen LogP contribution in [-0.4, -0.2) is 59.1 Å². The summed E-state index contributed by atoms with van der Waals surface area (Å²) in [7, 11) is 5.80. The largest absolute Gasteiger partial charge is 0.369 e. The number of unbranched alkanes of at least 4 members (excludes halogenated alkanes) is 1. The molecule has 178 valence electrons. The Hall–Kier alpha value is -3.16. The summed E-state index contributed by atoms with van der Waals surface area (Å²) in [6.07, 6.45) is 5.65. The molecule has 1 fully saturated rings. The van der Waals surface area contributed by atoms with Crippen molar-refractivity contribution in [3.8, 4) is 11.8 Å². The Labute approximate surface area is 201 Å². The highest BCUT2D eigenvalue weighted by Gasteiger charge is 2.40. The van der Waals surface area contributed by atoms with Crippen LogP contribution in [0.2, 0.25) is 0 Å². The third kappa shape index (κ3) is 6.92. The van der Waals surface area contributed by atoms with E-state index in [0.717, 1.165) is 25.8 Å². The highest BCUT2D eigenvalue weighted by atomic mass is 19.1. The van der Waals surface area contributed by atoms with Crippen molar-refractivity contribution in [1.82, 2.24) is 20.1 Å². The molecule has 0 saturated carbocycles. The van der Waals surface area contributed by atoms with E-state index in [1.54, 1.807) is 18.3 Å². The Morgan fingerprint density at radius 1 is 1.35 bits per heavy atom. The number of piperidine rings is 1. The second-order valence-corrected chi connectivity index (χ2v) is 8.15. The number of aromatic nitrogens is 2. The van der Waals surface area contributed by atoms with Gasteiger partial charge in [0, 0.05) is 25.2 Å². The number of carbonyl (C=O) groups is 1. The molecule has 8 nitrogen and oxygen atoms in total. The van der Waals surface area contributed by atoms with Crippen LogP contribution in [0, 0.1) is 17.7 Å². The molecule has 4 N–H and O–H groups in total. The van der Waals surface area contributed by atoms with Crippen molar-refractivity contribution in [1.29, 1.82) is 0 Å². The molecule has 1 atom stereocenters. The maximum absolute atomic E-state index is 13.4. The van der Waals surface area contributed by atoms with E-state index >= 15 is 0 Å². The zero-order valence-corrected chi connectivity index (χ0v) is 19.4. The van der Waals surface area contributed by atoms with Gasteiger partial charge in [0.1, 0.15) is 11.6 Å². The predicted molar refractivity (Wildman–Crippen MR) is 131 cm³/mol. The Bertz CT molecular complexity index is 1040. The monoisotopic (exact) mass is 464 g/mol. The van der Waals surface area contributed by atoms with Crippen LogP contribution in [0.25, 0.3) is 0 Å². The molecule has 1 amide bonds. The molecule has 1 aliphatic rings. The zero-order chi connectivity index (χ0) is 24.4. The van der Waals surface area contributed by atoms with E-state index in [2.05, 4.69) is 37.8 Å². The highest BCUT2D eigenvalue weighted by molar-refractivity contribution is 6.07. The van der Waals surface area contributed by atoms with Gasteiger partial charge in [0.2, 0.25) is 5.95 Å². The molecule has 1 saturated heterocycles. The van der Waals surface area contributed by atoms with Crippen LogP contribution in [0.5, 0.6) is 0 Å². The van der Waals surface area contributed by atoms with Crippen molar-refractivity contribution >= 4 is 31.3 Å². The number of nitrogens with zero attached hydrogens (tertiary/aromatic N) is 3. The van der Waals surface area contributed by atoms with Crippen molar-refractivity contribution in [2.24, 2.45) is 0 Å². The predicted octanol–water partition coefficient (Wildman–Crippen LogP) is 2.69. The molecule has 0 unspecified atom stereocenters. The quantitative estimate of drug-likeness (QED) is 0.257.